The Kier molecular flexibility index (Phi) is 6.33. The number of benzene rings is 2. The van der Waals surface area contributed by atoms with Gasteiger partial charge in [0.15, 0.2) is 0 Å². The number of nitrogens with zero attached hydrogens (tertiary/aromatic N) is 1. The van der Waals surface area contributed by atoms with Crippen LogP contribution < -0.4 is 10.1 Å². The third-order valence-electron chi connectivity index (χ3n) is 3.58. The fourth-order valence-corrected chi connectivity index (χ4v) is 2.71. The van der Waals surface area contributed by atoms with Crippen molar-refractivity contribution in [2.45, 2.75) is 6.61 Å². The number of nitrogens with one attached hydrogen (secondary N) is 1. The van der Waals surface area contributed by atoms with Crippen LogP contribution in [0.5, 0.6) is 5.75 Å². The van der Waals surface area contributed by atoms with Gasteiger partial charge in [0.25, 0.3) is 0 Å². The Labute approximate surface area is 164 Å². The van der Waals surface area contributed by atoms with E-state index in [4.69, 9.17) is 4.74 Å². The molecule has 0 aliphatic carbocycles. The number of hydrogen-bond acceptors (Lipinski definition) is 3. The Morgan fingerprint density at radius 1 is 1.15 bits per heavy atom. The monoisotopic (exact) mass is 426 g/mol. The van der Waals surface area contributed by atoms with E-state index in [0.717, 1.165) is 17.3 Å². The van der Waals surface area contributed by atoms with Crippen molar-refractivity contribution >= 4 is 33.7 Å². The fourth-order valence-electron chi connectivity index (χ4n) is 2.29. The van der Waals surface area contributed by atoms with E-state index >= 15 is 0 Å². The van der Waals surface area contributed by atoms with Crippen LogP contribution in [0.4, 0.5) is 10.2 Å². The van der Waals surface area contributed by atoms with Gasteiger partial charge < -0.3 is 10.1 Å². The van der Waals surface area contributed by atoms with Gasteiger partial charge in [-0.15, -0.1) is 0 Å². The maximum Gasteiger partial charge on any atom is 0.249 e. The number of amides is 1. The van der Waals surface area contributed by atoms with Crippen molar-refractivity contribution in [3.8, 4) is 5.75 Å². The van der Waals surface area contributed by atoms with Gasteiger partial charge in [-0.3, -0.25) is 4.79 Å². The molecule has 1 amide bonds. The van der Waals surface area contributed by atoms with Crippen LogP contribution in [-0.2, 0) is 11.4 Å². The summed E-state index contributed by atoms with van der Waals surface area (Å²) in [4.78, 5) is 15.9. The van der Waals surface area contributed by atoms with Crippen molar-refractivity contribution in [1.82, 2.24) is 4.98 Å². The molecule has 6 heteroatoms. The second kappa shape index (κ2) is 9.09. The zero-order chi connectivity index (χ0) is 19.1. The number of halogens is 2. The SMILES string of the molecule is O=C(/C=C/c1cccc(OCc2ccccc2)c1)Nc1ncc(F)cc1Br. The highest BCUT2D eigenvalue weighted by molar-refractivity contribution is 9.10. The molecule has 1 heterocycles. The molecule has 0 aliphatic rings. The number of carbonyl (C=O) groups is 1. The molecule has 2 aromatic carbocycles. The van der Waals surface area contributed by atoms with Crippen molar-refractivity contribution in [2.75, 3.05) is 5.32 Å². The molecular weight excluding hydrogens is 411 g/mol. The maximum atomic E-state index is 13.0. The van der Waals surface area contributed by atoms with Crippen LogP contribution in [0.3, 0.4) is 0 Å². The first-order valence-electron chi connectivity index (χ1n) is 8.17. The van der Waals surface area contributed by atoms with Gasteiger partial charge in [0.2, 0.25) is 5.91 Å². The number of pyridine rings is 1. The van der Waals surface area contributed by atoms with Crippen LogP contribution in [0.2, 0.25) is 0 Å². The molecular formula is C21H16BrFN2O2. The number of carbonyl (C=O) groups excluding carboxylic acids is 1. The molecule has 0 atom stereocenters. The minimum atomic E-state index is -0.484. The molecule has 27 heavy (non-hydrogen) atoms. The van der Waals surface area contributed by atoms with E-state index in [1.165, 1.54) is 12.1 Å². The summed E-state index contributed by atoms with van der Waals surface area (Å²) in [6.45, 7) is 0.471. The Hall–Kier alpha value is -2.99. The van der Waals surface area contributed by atoms with Crippen LogP contribution in [0.25, 0.3) is 6.08 Å². The van der Waals surface area contributed by atoms with E-state index in [9.17, 15) is 9.18 Å². The van der Waals surface area contributed by atoms with Crippen molar-refractivity contribution in [3.63, 3.8) is 0 Å². The lowest BCUT2D eigenvalue weighted by atomic mass is 10.2. The zero-order valence-electron chi connectivity index (χ0n) is 14.2. The van der Waals surface area contributed by atoms with Crippen molar-refractivity contribution in [3.05, 3.63) is 94.4 Å². The number of anilines is 1. The van der Waals surface area contributed by atoms with Crippen molar-refractivity contribution < 1.29 is 13.9 Å². The lowest BCUT2D eigenvalue weighted by Gasteiger charge is -2.07. The molecule has 0 unspecified atom stereocenters. The second-order valence-electron chi connectivity index (χ2n) is 5.65. The smallest absolute Gasteiger partial charge is 0.249 e. The van der Waals surface area contributed by atoms with Gasteiger partial charge in [-0.25, -0.2) is 9.37 Å². The van der Waals surface area contributed by atoms with Crippen LogP contribution >= 0.6 is 15.9 Å². The molecule has 0 saturated carbocycles. The topological polar surface area (TPSA) is 51.2 Å². The molecule has 0 bridgehead atoms. The number of ether oxygens (including phenoxy) is 1. The Bertz CT molecular complexity index is 961. The Morgan fingerprint density at radius 3 is 2.74 bits per heavy atom. The van der Waals surface area contributed by atoms with Crippen molar-refractivity contribution in [2.24, 2.45) is 0 Å². The highest BCUT2D eigenvalue weighted by Gasteiger charge is 2.05. The quantitative estimate of drug-likeness (QED) is 0.550. The van der Waals surface area contributed by atoms with Gasteiger partial charge >= 0.3 is 0 Å². The minimum Gasteiger partial charge on any atom is -0.489 e. The normalized spacial score (nSPS) is 10.7. The lowest BCUT2D eigenvalue weighted by Crippen LogP contribution is -2.09. The lowest BCUT2D eigenvalue weighted by molar-refractivity contribution is -0.111. The summed E-state index contributed by atoms with van der Waals surface area (Å²) in [5.74, 6) is 0.114. The van der Waals surface area contributed by atoms with Crippen LogP contribution in [0.1, 0.15) is 11.1 Å². The highest BCUT2D eigenvalue weighted by Crippen LogP contribution is 2.20. The molecule has 0 fully saturated rings. The van der Waals surface area contributed by atoms with Gasteiger partial charge in [-0.05, 0) is 51.3 Å². The first-order chi connectivity index (χ1) is 13.1. The standard InChI is InChI=1S/C21H16BrFN2O2/c22-19-12-17(23)13-24-21(19)25-20(26)10-9-15-7-4-8-18(11-15)27-14-16-5-2-1-3-6-16/h1-13H,14H2,(H,24,25,26)/b10-9+. The third-order valence-corrected chi connectivity index (χ3v) is 4.19. The molecule has 4 nitrogen and oxygen atoms in total. The summed E-state index contributed by atoms with van der Waals surface area (Å²) < 4.78 is 19.2. The Balaban J connectivity index is 1.60. The average Bonchev–Trinajstić information content (AvgIpc) is 2.68. The maximum absolute atomic E-state index is 13.0. The number of rotatable bonds is 6. The van der Waals surface area contributed by atoms with E-state index in [0.29, 0.717) is 16.8 Å². The molecule has 0 aliphatic heterocycles. The molecule has 1 aromatic heterocycles. The molecule has 3 aromatic rings. The van der Waals surface area contributed by atoms with Crippen LogP contribution in [0.15, 0.2) is 77.4 Å². The van der Waals surface area contributed by atoms with Gasteiger partial charge in [0, 0.05) is 6.08 Å². The van der Waals surface area contributed by atoms with Crippen LogP contribution in [-0.4, -0.2) is 10.9 Å². The molecule has 0 radical (unpaired) electrons. The fraction of sp³-hybridized carbons (Fsp3) is 0.0476. The van der Waals surface area contributed by atoms with Crippen molar-refractivity contribution in [1.29, 1.82) is 0 Å². The van der Waals surface area contributed by atoms with Gasteiger partial charge in [-0.2, -0.15) is 0 Å². The third kappa shape index (κ3) is 5.76. The summed E-state index contributed by atoms with van der Waals surface area (Å²) in [5.41, 5.74) is 1.90. The largest absolute Gasteiger partial charge is 0.489 e. The van der Waals surface area contributed by atoms with Crippen LogP contribution in [0, 0.1) is 5.82 Å². The summed E-state index contributed by atoms with van der Waals surface area (Å²) in [6, 6.07) is 18.5. The molecule has 136 valence electrons. The summed E-state index contributed by atoms with van der Waals surface area (Å²) in [6.07, 6.45) is 4.09. The van der Waals surface area contributed by atoms with Gasteiger partial charge in [-0.1, -0.05) is 42.5 Å². The summed E-state index contributed by atoms with van der Waals surface area (Å²) >= 11 is 3.16. The average molecular weight is 427 g/mol. The molecule has 1 N–H and O–H groups in total. The predicted octanol–water partition coefficient (Wildman–Crippen LogP) is 5.21. The Morgan fingerprint density at radius 2 is 1.96 bits per heavy atom. The first kappa shape index (κ1) is 18.8. The van der Waals surface area contributed by atoms with E-state index in [1.807, 2.05) is 54.6 Å². The van der Waals surface area contributed by atoms with E-state index in [-0.39, 0.29) is 11.7 Å². The summed E-state index contributed by atoms with van der Waals surface area (Å²) in [7, 11) is 0. The van der Waals surface area contributed by atoms with E-state index in [1.54, 1.807) is 6.08 Å². The van der Waals surface area contributed by atoms with E-state index in [2.05, 4.69) is 26.2 Å². The predicted molar refractivity (Wildman–Crippen MR) is 107 cm³/mol. The number of hydrogen-bond donors (Lipinski definition) is 1. The second-order valence-corrected chi connectivity index (χ2v) is 6.51. The van der Waals surface area contributed by atoms with Gasteiger partial charge in [0.05, 0.1) is 10.7 Å². The minimum absolute atomic E-state index is 0.256. The first-order valence-corrected chi connectivity index (χ1v) is 8.96. The summed E-state index contributed by atoms with van der Waals surface area (Å²) in [5, 5.41) is 2.59. The number of aromatic nitrogens is 1. The molecule has 0 spiro atoms. The molecule has 0 saturated heterocycles. The van der Waals surface area contributed by atoms with Gasteiger partial charge in [0.1, 0.15) is 24.0 Å². The molecule has 3 rings (SSSR count). The zero-order valence-corrected chi connectivity index (χ0v) is 15.8. The van der Waals surface area contributed by atoms with E-state index < -0.39 is 5.82 Å². The highest BCUT2D eigenvalue weighted by atomic mass is 79.9.